The summed E-state index contributed by atoms with van der Waals surface area (Å²) >= 11 is 0. The van der Waals surface area contributed by atoms with Crippen molar-refractivity contribution < 1.29 is 14.6 Å². The van der Waals surface area contributed by atoms with E-state index in [1.165, 1.54) is 7.11 Å². The maximum absolute atomic E-state index is 11.6. The maximum Gasteiger partial charge on any atom is 0.337 e. The highest BCUT2D eigenvalue weighted by Gasteiger charge is 2.20. The highest BCUT2D eigenvalue weighted by atomic mass is 16.5. The number of aryl methyl sites for hydroxylation is 1. The normalized spacial score (nSPS) is 16.7. The van der Waals surface area contributed by atoms with E-state index in [4.69, 9.17) is 4.74 Å². The molecule has 0 radical (unpaired) electrons. The Morgan fingerprint density at radius 2 is 2.14 bits per heavy atom. The average Bonchev–Trinajstić information content (AvgIpc) is 2.53. The lowest BCUT2D eigenvalue weighted by Crippen LogP contribution is -2.18. The van der Waals surface area contributed by atoms with Crippen LogP contribution < -0.4 is 5.32 Å². The minimum absolute atomic E-state index is 0.159. The molecule has 2 N–H and O–H groups in total. The van der Waals surface area contributed by atoms with E-state index in [2.05, 4.69) is 5.32 Å². The Morgan fingerprint density at radius 1 is 1.29 bits per heavy atom. The van der Waals surface area contributed by atoms with Crippen molar-refractivity contribution in [3.8, 4) is 5.75 Å². The molecule has 0 amide bonds. The number of methoxy groups -OCH3 is 1. The lowest BCUT2D eigenvalue weighted by Gasteiger charge is -2.27. The fourth-order valence-electron chi connectivity index (χ4n) is 2.74. The van der Waals surface area contributed by atoms with Crippen LogP contribution in [0.15, 0.2) is 42.5 Å². The summed E-state index contributed by atoms with van der Waals surface area (Å²) in [7, 11) is 1.39. The molecule has 1 atom stereocenters. The number of hydrogen-bond donors (Lipinski definition) is 2. The van der Waals surface area contributed by atoms with Gasteiger partial charge in [0.15, 0.2) is 0 Å². The van der Waals surface area contributed by atoms with Gasteiger partial charge in [0.2, 0.25) is 0 Å². The molecular formula is C17H17NO3. The number of phenolic OH excluding ortho intramolecular Hbond substituents is 1. The SMILES string of the molecule is COC(=O)c1cccc(C2CCc3cc(O)ccc3N2)c1. The molecule has 1 unspecified atom stereocenters. The fraction of sp³-hybridized carbons (Fsp3) is 0.235. The highest BCUT2D eigenvalue weighted by Crippen LogP contribution is 2.34. The number of nitrogens with one attached hydrogen (secondary N) is 1. The van der Waals surface area contributed by atoms with Crippen molar-refractivity contribution >= 4 is 11.7 Å². The van der Waals surface area contributed by atoms with Crippen LogP contribution in [0.2, 0.25) is 0 Å². The van der Waals surface area contributed by atoms with Crippen LogP contribution in [0, 0.1) is 0 Å². The second-order valence-electron chi connectivity index (χ2n) is 5.19. The lowest BCUT2D eigenvalue weighted by molar-refractivity contribution is 0.0600. The van der Waals surface area contributed by atoms with Crippen molar-refractivity contribution in [3.63, 3.8) is 0 Å². The van der Waals surface area contributed by atoms with Crippen LogP contribution in [0.1, 0.15) is 33.9 Å². The molecule has 0 aromatic heterocycles. The Balaban J connectivity index is 1.86. The van der Waals surface area contributed by atoms with Gasteiger partial charge in [-0.05, 0) is 54.3 Å². The summed E-state index contributed by atoms with van der Waals surface area (Å²) < 4.78 is 4.76. The van der Waals surface area contributed by atoms with Crippen molar-refractivity contribution in [1.29, 1.82) is 0 Å². The molecule has 3 rings (SSSR count). The zero-order valence-corrected chi connectivity index (χ0v) is 11.8. The molecule has 0 saturated heterocycles. The van der Waals surface area contributed by atoms with Crippen LogP contribution in [-0.2, 0) is 11.2 Å². The van der Waals surface area contributed by atoms with Crippen LogP contribution in [0.4, 0.5) is 5.69 Å². The van der Waals surface area contributed by atoms with E-state index in [1.807, 2.05) is 24.3 Å². The Bertz CT molecular complexity index is 681. The van der Waals surface area contributed by atoms with Gasteiger partial charge < -0.3 is 15.2 Å². The van der Waals surface area contributed by atoms with Crippen LogP contribution in [0.3, 0.4) is 0 Å². The zero-order chi connectivity index (χ0) is 14.8. The van der Waals surface area contributed by atoms with E-state index in [-0.39, 0.29) is 12.0 Å². The first-order chi connectivity index (χ1) is 10.2. The van der Waals surface area contributed by atoms with Gasteiger partial charge in [0.05, 0.1) is 18.7 Å². The van der Waals surface area contributed by atoms with E-state index in [9.17, 15) is 9.90 Å². The molecule has 0 fully saturated rings. The molecule has 2 aromatic rings. The van der Waals surface area contributed by atoms with Crippen molar-refractivity contribution in [3.05, 3.63) is 59.2 Å². The Hall–Kier alpha value is -2.49. The largest absolute Gasteiger partial charge is 0.508 e. The topological polar surface area (TPSA) is 58.6 Å². The number of rotatable bonds is 2. The van der Waals surface area contributed by atoms with E-state index in [0.717, 1.165) is 29.7 Å². The number of esters is 1. The minimum atomic E-state index is -0.321. The van der Waals surface area contributed by atoms with Gasteiger partial charge in [-0.3, -0.25) is 0 Å². The van der Waals surface area contributed by atoms with Crippen LogP contribution in [0.5, 0.6) is 5.75 Å². The number of hydrogen-bond acceptors (Lipinski definition) is 4. The molecule has 1 aliphatic heterocycles. The molecule has 4 nitrogen and oxygen atoms in total. The molecule has 2 aromatic carbocycles. The van der Waals surface area contributed by atoms with Gasteiger partial charge in [0.25, 0.3) is 0 Å². The Morgan fingerprint density at radius 3 is 2.95 bits per heavy atom. The van der Waals surface area contributed by atoms with Gasteiger partial charge >= 0.3 is 5.97 Å². The quantitative estimate of drug-likeness (QED) is 0.656. The van der Waals surface area contributed by atoms with E-state index < -0.39 is 0 Å². The van der Waals surface area contributed by atoms with Gasteiger partial charge in [0.1, 0.15) is 5.75 Å². The number of ether oxygens (including phenoxy) is 1. The molecule has 0 spiro atoms. The van der Waals surface area contributed by atoms with Gasteiger partial charge in [-0.2, -0.15) is 0 Å². The number of carbonyl (C=O) groups is 1. The van der Waals surface area contributed by atoms with Crippen molar-refractivity contribution in [2.24, 2.45) is 0 Å². The lowest BCUT2D eigenvalue weighted by atomic mass is 9.92. The standard InChI is InChI=1S/C17H17NO3/c1-21-17(20)13-4-2-3-11(9-13)15-7-5-12-10-14(19)6-8-16(12)18-15/h2-4,6,8-10,15,18-19H,5,7H2,1H3. The molecule has 1 heterocycles. The number of fused-ring (bicyclic) bond motifs is 1. The third-order valence-electron chi connectivity index (χ3n) is 3.83. The summed E-state index contributed by atoms with van der Waals surface area (Å²) in [5, 5.41) is 13.0. The maximum atomic E-state index is 11.6. The molecule has 21 heavy (non-hydrogen) atoms. The summed E-state index contributed by atoms with van der Waals surface area (Å²) in [4.78, 5) is 11.6. The number of benzene rings is 2. The monoisotopic (exact) mass is 283 g/mol. The third-order valence-corrected chi connectivity index (χ3v) is 3.83. The molecule has 0 bridgehead atoms. The number of carbonyl (C=O) groups excluding carboxylic acids is 1. The van der Waals surface area contributed by atoms with Crippen molar-refractivity contribution in [1.82, 2.24) is 0 Å². The summed E-state index contributed by atoms with van der Waals surface area (Å²) in [5.41, 5.74) is 3.79. The fourth-order valence-corrected chi connectivity index (χ4v) is 2.74. The van der Waals surface area contributed by atoms with Crippen LogP contribution in [-0.4, -0.2) is 18.2 Å². The zero-order valence-electron chi connectivity index (χ0n) is 11.8. The molecule has 0 saturated carbocycles. The van der Waals surface area contributed by atoms with Crippen molar-refractivity contribution in [2.45, 2.75) is 18.9 Å². The smallest absolute Gasteiger partial charge is 0.337 e. The molecule has 108 valence electrons. The Kier molecular flexibility index (Phi) is 3.52. The van der Waals surface area contributed by atoms with Crippen molar-refractivity contribution in [2.75, 3.05) is 12.4 Å². The van der Waals surface area contributed by atoms with Gasteiger partial charge in [-0.1, -0.05) is 12.1 Å². The predicted molar refractivity (Wildman–Crippen MR) is 80.6 cm³/mol. The predicted octanol–water partition coefficient (Wildman–Crippen LogP) is 3.28. The van der Waals surface area contributed by atoms with Gasteiger partial charge in [-0.25, -0.2) is 4.79 Å². The molecular weight excluding hydrogens is 266 g/mol. The van der Waals surface area contributed by atoms with E-state index >= 15 is 0 Å². The summed E-state index contributed by atoms with van der Waals surface area (Å²) in [6.45, 7) is 0. The molecule has 1 aliphatic rings. The first kappa shape index (κ1) is 13.5. The number of anilines is 1. The summed E-state index contributed by atoms with van der Waals surface area (Å²) in [6, 6.07) is 13.0. The highest BCUT2D eigenvalue weighted by molar-refractivity contribution is 5.89. The van der Waals surface area contributed by atoms with E-state index in [0.29, 0.717) is 11.3 Å². The molecule has 0 aliphatic carbocycles. The number of aromatic hydroxyl groups is 1. The third kappa shape index (κ3) is 2.70. The molecule has 4 heteroatoms. The second kappa shape index (κ2) is 5.48. The van der Waals surface area contributed by atoms with Crippen LogP contribution in [0.25, 0.3) is 0 Å². The first-order valence-electron chi connectivity index (χ1n) is 6.94. The second-order valence-corrected chi connectivity index (χ2v) is 5.19. The number of phenols is 1. The first-order valence-corrected chi connectivity index (χ1v) is 6.94. The summed E-state index contributed by atoms with van der Waals surface area (Å²) in [6.07, 6.45) is 1.81. The summed E-state index contributed by atoms with van der Waals surface area (Å²) in [5.74, 6) is -0.0281. The van der Waals surface area contributed by atoms with Gasteiger partial charge in [0, 0.05) is 5.69 Å². The Labute approximate surface area is 123 Å². The average molecular weight is 283 g/mol. The van der Waals surface area contributed by atoms with E-state index in [1.54, 1.807) is 18.2 Å². The van der Waals surface area contributed by atoms with Crippen LogP contribution >= 0.6 is 0 Å². The van der Waals surface area contributed by atoms with Gasteiger partial charge in [-0.15, -0.1) is 0 Å². The minimum Gasteiger partial charge on any atom is -0.508 e.